The number of methoxy groups -OCH3 is 1. The van der Waals surface area contributed by atoms with Gasteiger partial charge in [0.05, 0.1) is 19.4 Å². The van der Waals surface area contributed by atoms with Crippen molar-refractivity contribution < 1.29 is 9.84 Å². The van der Waals surface area contributed by atoms with Crippen LogP contribution in [0.25, 0.3) is 0 Å². The maximum Gasteiger partial charge on any atom is 0.122 e. The van der Waals surface area contributed by atoms with Gasteiger partial charge in [-0.3, -0.25) is 4.68 Å². The third kappa shape index (κ3) is 3.58. The van der Waals surface area contributed by atoms with Gasteiger partial charge >= 0.3 is 0 Å². The van der Waals surface area contributed by atoms with Gasteiger partial charge in [0.15, 0.2) is 0 Å². The summed E-state index contributed by atoms with van der Waals surface area (Å²) in [6.07, 6.45) is 4.56. The van der Waals surface area contributed by atoms with Gasteiger partial charge in [0, 0.05) is 25.6 Å². The lowest BCUT2D eigenvalue weighted by Crippen LogP contribution is -2.14. The second kappa shape index (κ2) is 6.38. The minimum absolute atomic E-state index is 0.425. The lowest BCUT2D eigenvalue weighted by Gasteiger charge is -2.12. The number of para-hydroxylation sites is 1. The summed E-state index contributed by atoms with van der Waals surface area (Å²) in [6.45, 7) is 2.89. The maximum absolute atomic E-state index is 10.2. The summed E-state index contributed by atoms with van der Waals surface area (Å²) >= 11 is 0. The second-order valence-electron chi connectivity index (χ2n) is 4.58. The summed E-state index contributed by atoms with van der Waals surface area (Å²) in [4.78, 5) is 0. The molecule has 0 radical (unpaired) electrons. The molecule has 4 nitrogen and oxygen atoms in total. The number of aliphatic hydroxyl groups is 1. The van der Waals surface area contributed by atoms with Gasteiger partial charge in [0.1, 0.15) is 5.75 Å². The van der Waals surface area contributed by atoms with Gasteiger partial charge in [-0.1, -0.05) is 18.2 Å². The van der Waals surface area contributed by atoms with Crippen LogP contribution in [0.2, 0.25) is 0 Å². The Morgan fingerprint density at radius 2 is 2.11 bits per heavy atom. The highest BCUT2D eigenvalue weighted by Crippen LogP contribution is 2.19. The van der Waals surface area contributed by atoms with Crippen molar-refractivity contribution in [2.45, 2.75) is 32.4 Å². The van der Waals surface area contributed by atoms with Crippen LogP contribution in [0.15, 0.2) is 36.7 Å². The summed E-state index contributed by atoms with van der Waals surface area (Å²) in [5, 5.41) is 14.4. The molecule has 0 amide bonds. The third-order valence-electron chi connectivity index (χ3n) is 3.13. The molecule has 0 saturated carbocycles. The van der Waals surface area contributed by atoms with E-state index in [9.17, 15) is 5.11 Å². The zero-order valence-corrected chi connectivity index (χ0v) is 11.4. The zero-order valence-electron chi connectivity index (χ0n) is 11.4. The van der Waals surface area contributed by atoms with Crippen molar-refractivity contribution in [2.24, 2.45) is 0 Å². The van der Waals surface area contributed by atoms with Crippen LogP contribution in [0.3, 0.4) is 0 Å². The number of benzene rings is 1. The number of aliphatic hydroxyl groups excluding tert-OH is 1. The van der Waals surface area contributed by atoms with Crippen LogP contribution < -0.4 is 4.74 Å². The first-order chi connectivity index (χ1) is 9.22. The van der Waals surface area contributed by atoms with Gasteiger partial charge in [-0.05, 0) is 24.1 Å². The molecule has 102 valence electrons. The van der Waals surface area contributed by atoms with Crippen LogP contribution in [-0.2, 0) is 19.4 Å². The molecule has 1 atom stereocenters. The molecule has 0 spiro atoms. The van der Waals surface area contributed by atoms with Crippen molar-refractivity contribution in [3.05, 3.63) is 47.8 Å². The van der Waals surface area contributed by atoms with E-state index in [1.54, 1.807) is 7.11 Å². The molecule has 2 rings (SSSR count). The molecule has 1 heterocycles. The largest absolute Gasteiger partial charge is 0.496 e. The number of nitrogens with zero attached hydrogens (tertiary/aromatic N) is 2. The number of hydrogen-bond donors (Lipinski definition) is 1. The highest BCUT2D eigenvalue weighted by molar-refractivity contribution is 5.33. The molecule has 0 aliphatic heterocycles. The lowest BCUT2D eigenvalue weighted by molar-refractivity contribution is 0.174. The molecular formula is C15H20N2O2. The predicted octanol–water partition coefficient (Wildman–Crippen LogP) is 2.06. The molecule has 0 fully saturated rings. The van der Waals surface area contributed by atoms with Gasteiger partial charge in [-0.2, -0.15) is 5.10 Å². The Morgan fingerprint density at radius 3 is 2.79 bits per heavy atom. The first kappa shape index (κ1) is 13.6. The summed E-state index contributed by atoms with van der Waals surface area (Å²) in [5.41, 5.74) is 2.09. The van der Waals surface area contributed by atoms with Crippen LogP contribution in [0.4, 0.5) is 0 Å². The van der Waals surface area contributed by atoms with E-state index in [1.165, 1.54) is 0 Å². The Morgan fingerprint density at radius 1 is 1.32 bits per heavy atom. The van der Waals surface area contributed by atoms with Crippen LogP contribution in [0.5, 0.6) is 5.75 Å². The Balaban J connectivity index is 1.98. The second-order valence-corrected chi connectivity index (χ2v) is 4.58. The number of hydrogen-bond acceptors (Lipinski definition) is 3. The maximum atomic E-state index is 10.2. The Hall–Kier alpha value is -1.81. The van der Waals surface area contributed by atoms with E-state index >= 15 is 0 Å². The topological polar surface area (TPSA) is 47.3 Å². The Labute approximate surface area is 113 Å². The molecule has 0 aliphatic rings. The molecule has 1 N–H and O–H groups in total. The smallest absolute Gasteiger partial charge is 0.122 e. The highest BCUT2D eigenvalue weighted by atomic mass is 16.5. The molecule has 1 aromatic heterocycles. The first-order valence-electron chi connectivity index (χ1n) is 6.54. The summed E-state index contributed by atoms with van der Waals surface area (Å²) < 4.78 is 7.16. The molecule has 19 heavy (non-hydrogen) atoms. The molecule has 0 saturated heterocycles. The zero-order chi connectivity index (χ0) is 13.7. The molecule has 0 bridgehead atoms. The van der Waals surface area contributed by atoms with E-state index in [0.29, 0.717) is 12.8 Å². The van der Waals surface area contributed by atoms with Crippen molar-refractivity contribution in [1.82, 2.24) is 9.78 Å². The molecular weight excluding hydrogens is 240 g/mol. The van der Waals surface area contributed by atoms with Crippen LogP contribution in [0.1, 0.15) is 18.1 Å². The normalized spacial score (nSPS) is 12.4. The molecule has 1 unspecified atom stereocenters. The van der Waals surface area contributed by atoms with Crippen molar-refractivity contribution >= 4 is 0 Å². The Bertz CT molecular complexity index is 522. The van der Waals surface area contributed by atoms with E-state index in [1.807, 2.05) is 48.3 Å². The molecule has 4 heteroatoms. The standard InChI is InChI=1S/C15H20N2O2/c1-3-17-11-12(10-16-17)8-14(18)9-13-6-4-5-7-15(13)19-2/h4-7,10-11,14,18H,3,8-9H2,1-2H3. The number of rotatable bonds is 6. The average Bonchev–Trinajstić information content (AvgIpc) is 2.87. The van der Waals surface area contributed by atoms with Crippen LogP contribution >= 0.6 is 0 Å². The van der Waals surface area contributed by atoms with Gasteiger partial charge in [0.25, 0.3) is 0 Å². The van der Waals surface area contributed by atoms with E-state index in [-0.39, 0.29) is 0 Å². The van der Waals surface area contributed by atoms with E-state index in [2.05, 4.69) is 5.10 Å². The van der Waals surface area contributed by atoms with Gasteiger partial charge in [-0.15, -0.1) is 0 Å². The fraction of sp³-hybridized carbons (Fsp3) is 0.400. The molecule has 2 aromatic rings. The average molecular weight is 260 g/mol. The SMILES string of the molecule is CCn1cc(CC(O)Cc2ccccc2OC)cn1. The van der Waals surface area contributed by atoms with Crippen LogP contribution in [0, 0.1) is 0 Å². The summed E-state index contributed by atoms with van der Waals surface area (Å²) in [5.74, 6) is 0.825. The Kier molecular flexibility index (Phi) is 4.58. The van der Waals surface area contributed by atoms with E-state index in [4.69, 9.17) is 4.74 Å². The first-order valence-corrected chi connectivity index (χ1v) is 6.54. The predicted molar refractivity (Wildman–Crippen MR) is 74.3 cm³/mol. The fourth-order valence-corrected chi connectivity index (χ4v) is 2.15. The van der Waals surface area contributed by atoms with Gasteiger partial charge in [-0.25, -0.2) is 0 Å². The number of aromatic nitrogens is 2. The minimum atomic E-state index is -0.425. The number of aryl methyl sites for hydroxylation is 1. The van der Waals surface area contributed by atoms with Gasteiger partial charge < -0.3 is 9.84 Å². The van der Waals surface area contributed by atoms with Crippen molar-refractivity contribution in [1.29, 1.82) is 0 Å². The van der Waals surface area contributed by atoms with Crippen molar-refractivity contribution in [2.75, 3.05) is 7.11 Å². The van der Waals surface area contributed by atoms with E-state index < -0.39 is 6.10 Å². The van der Waals surface area contributed by atoms with Crippen molar-refractivity contribution in [3.8, 4) is 5.75 Å². The lowest BCUT2D eigenvalue weighted by atomic mass is 10.0. The summed E-state index contributed by atoms with van der Waals surface area (Å²) in [7, 11) is 1.65. The van der Waals surface area contributed by atoms with Crippen molar-refractivity contribution in [3.63, 3.8) is 0 Å². The minimum Gasteiger partial charge on any atom is -0.496 e. The number of ether oxygens (including phenoxy) is 1. The highest BCUT2D eigenvalue weighted by Gasteiger charge is 2.11. The third-order valence-corrected chi connectivity index (χ3v) is 3.13. The quantitative estimate of drug-likeness (QED) is 0.864. The molecule has 1 aromatic carbocycles. The van der Waals surface area contributed by atoms with Gasteiger partial charge in [0.2, 0.25) is 0 Å². The molecule has 0 aliphatic carbocycles. The van der Waals surface area contributed by atoms with Crippen LogP contribution in [-0.4, -0.2) is 28.1 Å². The monoisotopic (exact) mass is 260 g/mol. The fourth-order valence-electron chi connectivity index (χ4n) is 2.15. The summed E-state index contributed by atoms with van der Waals surface area (Å²) in [6, 6.07) is 7.79. The van der Waals surface area contributed by atoms with E-state index in [0.717, 1.165) is 23.4 Å².